The second-order valence-corrected chi connectivity index (χ2v) is 7.27. The van der Waals surface area contributed by atoms with Gasteiger partial charge in [0.15, 0.2) is 11.6 Å². The Hall–Kier alpha value is -2.07. The zero-order valence-corrected chi connectivity index (χ0v) is 16.3. The Morgan fingerprint density at radius 2 is 1.85 bits per heavy atom. The fourth-order valence-electron chi connectivity index (χ4n) is 3.76. The second kappa shape index (κ2) is 9.04. The summed E-state index contributed by atoms with van der Waals surface area (Å²) in [5.41, 5.74) is 1.40. The number of rotatable bonds is 7. The minimum absolute atomic E-state index is 0.157. The van der Waals surface area contributed by atoms with Crippen LogP contribution in [0.15, 0.2) is 48.7 Å². The monoisotopic (exact) mass is 353 g/mol. The standard InChI is InChI=1S/C22H31N3O/c1-4-25(22-21(26-18(2)3)11-8-14-23-22)20-12-15-24(16-13-20)17-19-9-6-5-7-10-19/h5-11,14,18,20H,4,12-13,15-17H2,1-3H3. The van der Waals surface area contributed by atoms with Crippen molar-refractivity contribution in [3.05, 3.63) is 54.2 Å². The van der Waals surface area contributed by atoms with Crippen LogP contribution in [0.1, 0.15) is 39.2 Å². The van der Waals surface area contributed by atoms with Crippen LogP contribution in [-0.2, 0) is 6.54 Å². The third-order valence-corrected chi connectivity index (χ3v) is 4.97. The van der Waals surface area contributed by atoms with Crippen molar-refractivity contribution in [1.29, 1.82) is 0 Å². The van der Waals surface area contributed by atoms with E-state index in [4.69, 9.17) is 4.74 Å². The molecule has 0 saturated carbocycles. The maximum absolute atomic E-state index is 6.00. The summed E-state index contributed by atoms with van der Waals surface area (Å²) in [6, 6.07) is 15.3. The van der Waals surface area contributed by atoms with Crippen molar-refractivity contribution in [2.75, 3.05) is 24.5 Å². The largest absolute Gasteiger partial charge is 0.487 e. The number of aromatic nitrogens is 1. The van der Waals surface area contributed by atoms with Crippen LogP contribution in [-0.4, -0.2) is 41.7 Å². The molecule has 0 N–H and O–H groups in total. The number of hydrogen-bond donors (Lipinski definition) is 0. The van der Waals surface area contributed by atoms with Crippen molar-refractivity contribution in [3.8, 4) is 5.75 Å². The van der Waals surface area contributed by atoms with Crippen LogP contribution in [0.2, 0.25) is 0 Å². The van der Waals surface area contributed by atoms with Crippen molar-refractivity contribution in [1.82, 2.24) is 9.88 Å². The van der Waals surface area contributed by atoms with E-state index >= 15 is 0 Å². The molecule has 0 atom stereocenters. The molecule has 0 bridgehead atoms. The number of nitrogens with zero attached hydrogens (tertiary/aromatic N) is 3. The van der Waals surface area contributed by atoms with Crippen molar-refractivity contribution in [2.45, 2.75) is 52.3 Å². The molecule has 2 heterocycles. The first-order valence-corrected chi connectivity index (χ1v) is 9.82. The highest BCUT2D eigenvalue weighted by molar-refractivity contribution is 5.53. The van der Waals surface area contributed by atoms with E-state index in [0.717, 1.165) is 37.7 Å². The van der Waals surface area contributed by atoms with Gasteiger partial charge in [-0.1, -0.05) is 30.3 Å². The maximum Gasteiger partial charge on any atom is 0.171 e. The predicted octanol–water partition coefficient (Wildman–Crippen LogP) is 4.36. The molecule has 4 heteroatoms. The topological polar surface area (TPSA) is 28.6 Å². The fraction of sp³-hybridized carbons (Fsp3) is 0.500. The average Bonchev–Trinajstić information content (AvgIpc) is 2.65. The Balaban J connectivity index is 1.64. The molecule has 0 aliphatic carbocycles. The minimum Gasteiger partial charge on any atom is -0.487 e. The molecule has 4 nitrogen and oxygen atoms in total. The lowest BCUT2D eigenvalue weighted by Gasteiger charge is -2.39. The highest BCUT2D eigenvalue weighted by Gasteiger charge is 2.26. The normalized spacial score (nSPS) is 16.0. The van der Waals surface area contributed by atoms with Crippen molar-refractivity contribution >= 4 is 5.82 Å². The summed E-state index contributed by atoms with van der Waals surface area (Å²) in [4.78, 5) is 9.64. The number of piperidine rings is 1. The van der Waals surface area contributed by atoms with E-state index in [2.05, 4.69) is 65.9 Å². The number of anilines is 1. The summed E-state index contributed by atoms with van der Waals surface area (Å²) >= 11 is 0. The summed E-state index contributed by atoms with van der Waals surface area (Å²) < 4.78 is 6.00. The van der Waals surface area contributed by atoms with Gasteiger partial charge in [-0.2, -0.15) is 0 Å². The zero-order valence-electron chi connectivity index (χ0n) is 16.3. The average molecular weight is 354 g/mol. The van der Waals surface area contributed by atoms with E-state index in [1.165, 1.54) is 18.4 Å². The number of likely N-dealkylation sites (tertiary alicyclic amines) is 1. The number of hydrogen-bond acceptors (Lipinski definition) is 4. The molecule has 1 aromatic carbocycles. The molecule has 1 aliphatic heterocycles. The first-order valence-electron chi connectivity index (χ1n) is 9.82. The molecule has 0 radical (unpaired) electrons. The van der Waals surface area contributed by atoms with Gasteiger partial charge in [-0.3, -0.25) is 4.90 Å². The van der Waals surface area contributed by atoms with Gasteiger partial charge in [-0.15, -0.1) is 0 Å². The molecule has 1 fully saturated rings. The molecule has 3 rings (SSSR count). The quantitative estimate of drug-likeness (QED) is 0.739. The van der Waals surface area contributed by atoms with Gasteiger partial charge in [0.25, 0.3) is 0 Å². The molecular weight excluding hydrogens is 322 g/mol. The smallest absolute Gasteiger partial charge is 0.171 e. The Bertz CT molecular complexity index is 666. The van der Waals surface area contributed by atoms with Crippen molar-refractivity contribution in [3.63, 3.8) is 0 Å². The molecule has 1 saturated heterocycles. The van der Waals surface area contributed by atoms with Gasteiger partial charge in [-0.25, -0.2) is 4.98 Å². The number of benzene rings is 1. The third kappa shape index (κ3) is 4.76. The molecule has 26 heavy (non-hydrogen) atoms. The molecule has 1 aliphatic rings. The first-order chi connectivity index (χ1) is 12.7. The third-order valence-electron chi connectivity index (χ3n) is 4.97. The highest BCUT2D eigenvalue weighted by atomic mass is 16.5. The van der Waals surface area contributed by atoms with Crippen LogP contribution in [0.4, 0.5) is 5.82 Å². The van der Waals surface area contributed by atoms with Gasteiger partial charge >= 0.3 is 0 Å². The van der Waals surface area contributed by atoms with E-state index < -0.39 is 0 Å². The van der Waals surface area contributed by atoms with E-state index in [0.29, 0.717) is 6.04 Å². The molecule has 0 amide bonds. The molecular formula is C22H31N3O. The van der Waals surface area contributed by atoms with Gasteiger partial charge in [0, 0.05) is 38.4 Å². The lowest BCUT2D eigenvalue weighted by atomic mass is 10.0. The van der Waals surface area contributed by atoms with Crippen LogP contribution < -0.4 is 9.64 Å². The van der Waals surface area contributed by atoms with Gasteiger partial charge in [0.1, 0.15) is 0 Å². The van der Waals surface area contributed by atoms with Crippen LogP contribution in [0.25, 0.3) is 0 Å². The lowest BCUT2D eigenvalue weighted by molar-refractivity contribution is 0.200. The molecule has 2 aromatic rings. The van der Waals surface area contributed by atoms with Crippen molar-refractivity contribution in [2.24, 2.45) is 0 Å². The van der Waals surface area contributed by atoms with Gasteiger partial charge < -0.3 is 9.64 Å². The SMILES string of the molecule is CCN(c1ncccc1OC(C)C)C1CCN(Cc2ccccc2)CC1. The Morgan fingerprint density at radius 1 is 1.12 bits per heavy atom. The van der Waals surface area contributed by atoms with Crippen LogP contribution in [0.5, 0.6) is 5.75 Å². The van der Waals surface area contributed by atoms with Crippen LogP contribution in [0, 0.1) is 0 Å². The maximum atomic E-state index is 6.00. The minimum atomic E-state index is 0.157. The Kier molecular flexibility index (Phi) is 6.51. The van der Waals surface area contributed by atoms with E-state index in [-0.39, 0.29) is 6.10 Å². The lowest BCUT2D eigenvalue weighted by Crippen LogP contribution is -2.45. The fourth-order valence-corrected chi connectivity index (χ4v) is 3.76. The predicted molar refractivity (Wildman–Crippen MR) is 108 cm³/mol. The van der Waals surface area contributed by atoms with Crippen LogP contribution >= 0.6 is 0 Å². The number of pyridine rings is 1. The second-order valence-electron chi connectivity index (χ2n) is 7.27. The number of ether oxygens (including phenoxy) is 1. The van der Waals surface area contributed by atoms with Crippen LogP contribution in [0.3, 0.4) is 0 Å². The zero-order chi connectivity index (χ0) is 18.4. The van der Waals surface area contributed by atoms with Gasteiger partial charge in [-0.05, 0) is 51.3 Å². The van der Waals surface area contributed by atoms with E-state index in [1.807, 2.05) is 18.3 Å². The first kappa shape index (κ1) is 18.7. The van der Waals surface area contributed by atoms with Crippen molar-refractivity contribution < 1.29 is 4.74 Å². The van der Waals surface area contributed by atoms with Gasteiger partial charge in [0.05, 0.1) is 6.10 Å². The van der Waals surface area contributed by atoms with Gasteiger partial charge in [0.2, 0.25) is 0 Å². The van der Waals surface area contributed by atoms with E-state index in [9.17, 15) is 0 Å². The summed E-state index contributed by atoms with van der Waals surface area (Å²) in [5, 5.41) is 0. The Labute approximate surface area is 157 Å². The summed E-state index contributed by atoms with van der Waals surface area (Å²) in [5.74, 6) is 1.89. The molecule has 0 spiro atoms. The summed E-state index contributed by atoms with van der Waals surface area (Å²) in [6.45, 7) is 10.6. The highest BCUT2D eigenvalue weighted by Crippen LogP contribution is 2.30. The van der Waals surface area contributed by atoms with E-state index in [1.54, 1.807) is 0 Å². The molecule has 1 aromatic heterocycles. The summed E-state index contributed by atoms with van der Waals surface area (Å²) in [7, 11) is 0. The molecule has 140 valence electrons. The molecule has 0 unspecified atom stereocenters. The summed E-state index contributed by atoms with van der Waals surface area (Å²) in [6.07, 6.45) is 4.36. The Morgan fingerprint density at radius 3 is 2.50 bits per heavy atom.